The van der Waals surface area contributed by atoms with Gasteiger partial charge in [0.1, 0.15) is 6.61 Å². The molecule has 0 aromatic rings. The van der Waals surface area contributed by atoms with Gasteiger partial charge in [-0.25, -0.2) is 4.79 Å². The van der Waals surface area contributed by atoms with Gasteiger partial charge in [-0.15, -0.1) is 0 Å². The Morgan fingerprint density at radius 2 is 1.47 bits per heavy atom. The SMILES string of the molecule is CCCCOC(C)=O.CCCOCC(=O)OCCC. The first-order valence-electron chi connectivity index (χ1n) is 6.95. The molecule has 0 saturated heterocycles. The first-order valence-corrected chi connectivity index (χ1v) is 6.95. The van der Waals surface area contributed by atoms with Crippen molar-refractivity contribution >= 4 is 11.9 Å². The Hall–Kier alpha value is -1.10. The van der Waals surface area contributed by atoms with Crippen LogP contribution in [0.3, 0.4) is 0 Å². The average Bonchev–Trinajstić information content (AvgIpc) is 2.37. The summed E-state index contributed by atoms with van der Waals surface area (Å²) in [7, 11) is 0. The molecule has 0 spiro atoms. The normalized spacial score (nSPS) is 9.26. The highest BCUT2D eigenvalue weighted by Crippen LogP contribution is 1.87. The van der Waals surface area contributed by atoms with Crippen molar-refractivity contribution in [1.82, 2.24) is 0 Å². The zero-order chi connectivity index (χ0) is 14.9. The summed E-state index contributed by atoms with van der Waals surface area (Å²) >= 11 is 0. The Bertz CT molecular complexity index is 216. The highest BCUT2D eigenvalue weighted by molar-refractivity contribution is 5.70. The van der Waals surface area contributed by atoms with E-state index in [4.69, 9.17) is 9.47 Å². The minimum Gasteiger partial charge on any atom is -0.466 e. The van der Waals surface area contributed by atoms with Gasteiger partial charge >= 0.3 is 11.9 Å². The molecule has 0 N–H and O–H groups in total. The van der Waals surface area contributed by atoms with E-state index in [1.807, 2.05) is 13.8 Å². The summed E-state index contributed by atoms with van der Waals surface area (Å²) in [5.41, 5.74) is 0. The van der Waals surface area contributed by atoms with Gasteiger partial charge in [-0.2, -0.15) is 0 Å². The van der Waals surface area contributed by atoms with E-state index in [0.29, 0.717) is 19.8 Å². The zero-order valence-electron chi connectivity index (χ0n) is 12.7. The van der Waals surface area contributed by atoms with Crippen molar-refractivity contribution in [2.45, 2.75) is 53.4 Å². The van der Waals surface area contributed by atoms with Gasteiger partial charge in [0.15, 0.2) is 0 Å². The largest absolute Gasteiger partial charge is 0.466 e. The molecule has 0 atom stereocenters. The molecule has 0 saturated carbocycles. The molecule has 19 heavy (non-hydrogen) atoms. The smallest absolute Gasteiger partial charge is 0.332 e. The lowest BCUT2D eigenvalue weighted by Crippen LogP contribution is -2.13. The quantitative estimate of drug-likeness (QED) is 0.478. The third-order valence-corrected chi connectivity index (χ3v) is 1.84. The van der Waals surface area contributed by atoms with E-state index in [9.17, 15) is 9.59 Å². The molecule has 0 aromatic heterocycles. The summed E-state index contributed by atoms with van der Waals surface area (Å²) in [6.07, 6.45) is 3.84. The average molecular weight is 276 g/mol. The van der Waals surface area contributed by atoms with Crippen molar-refractivity contribution in [1.29, 1.82) is 0 Å². The third-order valence-electron chi connectivity index (χ3n) is 1.84. The van der Waals surface area contributed by atoms with Crippen LogP contribution in [-0.4, -0.2) is 38.4 Å². The maximum atomic E-state index is 10.7. The maximum absolute atomic E-state index is 10.7. The molecule has 0 bridgehead atoms. The second-order valence-electron chi connectivity index (χ2n) is 3.97. The fraction of sp³-hybridized carbons (Fsp3) is 0.857. The molecule has 0 amide bonds. The highest BCUT2D eigenvalue weighted by atomic mass is 16.6. The number of ether oxygens (including phenoxy) is 3. The van der Waals surface area contributed by atoms with Crippen LogP contribution >= 0.6 is 0 Å². The van der Waals surface area contributed by atoms with Gasteiger partial charge in [-0.05, 0) is 19.3 Å². The predicted octanol–water partition coefficient (Wildman–Crippen LogP) is 2.72. The first-order chi connectivity index (χ1) is 9.08. The van der Waals surface area contributed by atoms with Gasteiger partial charge < -0.3 is 14.2 Å². The molecule has 0 aliphatic heterocycles. The Labute approximate surface area is 116 Å². The van der Waals surface area contributed by atoms with Gasteiger partial charge in [-0.1, -0.05) is 27.2 Å². The molecule has 0 fully saturated rings. The highest BCUT2D eigenvalue weighted by Gasteiger charge is 1.99. The Balaban J connectivity index is 0. The number of unbranched alkanes of at least 4 members (excludes halogenated alkanes) is 1. The van der Waals surface area contributed by atoms with Gasteiger partial charge in [-0.3, -0.25) is 4.79 Å². The van der Waals surface area contributed by atoms with E-state index in [2.05, 4.69) is 11.7 Å². The topological polar surface area (TPSA) is 61.8 Å². The van der Waals surface area contributed by atoms with E-state index in [0.717, 1.165) is 25.7 Å². The lowest BCUT2D eigenvalue weighted by molar-refractivity contribution is -0.149. The van der Waals surface area contributed by atoms with Crippen LogP contribution in [0.5, 0.6) is 0 Å². The Morgan fingerprint density at radius 3 is 1.95 bits per heavy atom. The van der Waals surface area contributed by atoms with Crippen LogP contribution in [0.1, 0.15) is 53.4 Å². The van der Waals surface area contributed by atoms with Gasteiger partial charge in [0.2, 0.25) is 0 Å². The van der Waals surface area contributed by atoms with Crippen molar-refractivity contribution in [3.05, 3.63) is 0 Å². The minimum atomic E-state index is -0.264. The van der Waals surface area contributed by atoms with E-state index >= 15 is 0 Å². The molecule has 5 heteroatoms. The molecule has 0 aromatic carbocycles. The summed E-state index contributed by atoms with van der Waals surface area (Å²) in [4.78, 5) is 20.8. The molecule has 0 rings (SSSR count). The first kappa shape index (κ1) is 20.2. The molecule has 0 aliphatic carbocycles. The summed E-state index contributed by atoms with van der Waals surface area (Å²) in [5, 5.41) is 0. The van der Waals surface area contributed by atoms with Crippen molar-refractivity contribution in [2.75, 3.05) is 26.4 Å². The Morgan fingerprint density at radius 1 is 0.842 bits per heavy atom. The lowest BCUT2D eigenvalue weighted by Gasteiger charge is -2.02. The van der Waals surface area contributed by atoms with Crippen LogP contribution < -0.4 is 0 Å². The second-order valence-corrected chi connectivity index (χ2v) is 3.97. The van der Waals surface area contributed by atoms with Crippen molar-refractivity contribution in [2.24, 2.45) is 0 Å². The maximum Gasteiger partial charge on any atom is 0.332 e. The van der Waals surface area contributed by atoms with Crippen molar-refractivity contribution < 1.29 is 23.8 Å². The van der Waals surface area contributed by atoms with Gasteiger partial charge in [0, 0.05) is 13.5 Å². The van der Waals surface area contributed by atoms with E-state index in [1.165, 1.54) is 6.92 Å². The standard InChI is InChI=1S/C8H16O3.C6H12O2/c1-3-5-10-7-8(9)11-6-4-2;1-3-4-5-8-6(2)7/h3-7H2,1-2H3;3-5H2,1-2H3. The predicted molar refractivity (Wildman–Crippen MR) is 73.9 cm³/mol. The summed E-state index contributed by atoms with van der Waals surface area (Å²) in [6, 6.07) is 0. The van der Waals surface area contributed by atoms with Crippen LogP contribution in [0.2, 0.25) is 0 Å². The molecular formula is C14H28O5. The number of esters is 2. The zero-order valence-corrected chi connectivity index (χ0v) is 12.7. The van der Waals surface area contributed by atoms with Crippen LogP contribution in [0.4, 0.5) is 0 Å². The monoisotopic (exact) mass is 276 g/mol. The lowest BCUT2D eigenvalue weighted by atomic mass is 10.4. The molecule has 0 unspecified atom stereocenters. The number of carbonyl (C=O) groups is 2. The van der Waals surface area contributed by atoms with Crippen LogP contribution in [0.25, 0.3) is 0 Å². The molecular weight excluding hydrogens is 248 g/mol. The number of rotatable bonds is 9. The summed E-state index contributed by atoms with van der Waals surface area (Å²) in [5.74, 6) is -0.446. The van der Waals surface area contributed by atoms with Crippen LogP contribution in [-0.2, 0) is 23.8 Å². The molecule has 0 heterocycles. The van der Waals surface area contributed by atoms with E-state index < -0.39 is 0 Å². The van der Waals surface area contributed by atoms with Gasteiger partial charge in [0.25, 0.3) is 0 Å². The fourth-order valence-corrected chi connectivity index (χ4v) is 0.918. The third kappa shape index (κ3) is 22.5. The van der Waals surface area contributed by atoms with Crippen molar-refractivity contribution in [3.8, 4) is 0 Å². The van der Waals surface area contributed by atoms with Crippen LogP contribution in [0, 0.1) is 0 Å². The molecule has 5 nitrogen and oxygen atoms in total. The number of carbonyl (C=O) groups excluding carboxylic acids is 2. The molecule has 114 valence electrons. The minimum absolute atomic E-state index is 0.0911. The summed E-state index contributed by atoms with van der Waals surface area (Å²) < 4.78 is 14.4. The van der Waals surface area contributed by atoms with E-state index in [-0.39, 0.29) is 18.5 Å². The number of hydrogen-bond donors (Lipinski definition) is 0. The van der Waals surface area contributed by atoms with Gasteiger partial charge in [0.05, 0.1) is 13.2 Å². The molecule has 0 radical (unpaired) electrons. The van der Waals surface area contributed by atoms with E-state index in [1.54, 1.807) is 0 Å². The Kier molecular flexibility index (Phi) is 18.0. The summed E-state index contributed by atoms with van der Waals surface area (Å²) in [6.45, 7) is 9.23. The second kappa shape index (κ2) is 16.9. The molecule has 0 aliphatic rings. The fourth-order valence-electron chi connectivity index (χ4n) is 0.918. The van der Waals surface area contributed by atoms with Crippen LogP contribution in [0.15, 0.2) is 0 Å². The number of hydrogen-bond acceptors (Lipinski definition) is 5. The van der Waals surface area contributed by atoms with Crippen molar-refractivity contribution in [3.63, 3.8) is 0 Å².